The van der Waals surface area contributed by atoms with Gasteiger partial charge >= 0.3 is 6.18 Å². The minimum Gasteiger partial charge on any atom is -0.325 e. The van der Waals surface area contributed by atoms with Crippen LogP contribution in [0.4, 0.5) is 18.9 Å². The first kappa shape index (κ1) is 23.5. The number of thiophene rings is 1. The van der Waals surface area contributed by atoms with Crippen LogP contribution >= 0.6 is 23.1 Å². The van der Waals surface area contributed by atoms with Gasteiger partial charge in [0.1, 0.15) is 11.1 Å². The molecule has 170 valence electrons. The van der Waals surface area contributed by atoms with Crippen molar-refractivity contribution >= 4 is 34.7 Å². The van der Waals surface area contributed by atoms with Crippen molar-refractivity contribution in [3.63, 3.8) is 0 Å². The lowest BCUT2D eigenvalue weighted by Gasteiger charge is -2.12. The summed E-state index contributed by atoms with van der Waals surface area (Å²) >= 11 is 2.55. The summed E-state index contributed by atoms with van der Waals surface area (Å²) in [5.74, 6) is -0.627. The van der Waals surface area contributed by atoms with Gasteiger partial charge in [0.15, 0.2) is 0 Å². The number of benzene rings is 2. The second-order valence-electron chi connectivity index (χ2n) is 7.11. The van der Waals surface area contributed by atoms with Crippen molar-refractivity contribution < 1.29 is 18.0 Å². The Hall–Kier alpha value is -3.61. The largest absolute Gasteiger partial charge is 0.416 e. The van der Waals surface area contributed by atoms with Gasteiger partial charge in [-0.1, -0.05) is 54.2 Å². The zero-order chi connectivity index (χ0) is 24.1. The summed E-state index contributed by atoms with van der Waals surface area (Å²) in [6.07, 6.45) is -4.50. The van der Waals surface area contributed by atoms with Crippen molar-refractivity contribution in [1.82, 2.24) is 4.98 Å². The Labute approximate surface area is 202 Å². The second-order valence-corrected chi connectivity index (χ2v) is 9.02. The van der Waals surface area contributed by atoms with Gasteiger partial charge in [-0.3, -0.25) is 4.79 Å². The van der Waals surface area contributed by atoms with Crippen LogP contribution in [0.25, 0.3) is 21.7 Å². The molecule has 0 spiro atoms. The quantitative estimate of drug-likeness (QED) is 0.290. The van der Waals surface area contributed by atoms with Crippen LogP contribution in [0.5, 0.6) is 0 Å². The van der Waals surface area contributed by atoms with Crippen LogP contribution in [0.1, 0.15) is 11.1 Å². The highest BCUT2D eigenvalue weighted by Crippen LogP contribution is 2.36. The topological polar surface area (TPSA) is 65.8 Å². The minimum atomic E-state index is -4.50. The molecule has 0 aliphatic carbocycles. The van der Waals surface area contributed by atoms with Crippen molar-refractivity contribution in [2.45, 2.75) is 11.2 Å². The summed E-state index contributed by atoms with van der Waals surface area (Å²) in [5.41, 5.74) is 1.78. The van der Waals surface area contributed by atoms with Gasteiger partial charge in [-0.05, 0) is 35.7 Å². The lowest BCUT2D eigenvalue weighted by Crippen LogP contribution is -2.15. The number of nitrogens with one attached hydrogen (secondary N) is 1. The van der Waals surface area contributed by atoms with Crippen LogP contribution in [-0.2, 0) is 11.0 Å². The molecule has 0 radical (unpaired) electrons. The third kappa shape index (κ3) is 5.47. The monoisotopic (exact) mass is 495 g/mol. The number of rotatable bonds is 6. The molecule has 0 bridgehead atoms. The zero-order valence-electron chi connectivity index (χ0n) is 17.5. The van der Waals surface area contributed by atoms with Gasteiger partial charge in [0.25, 0.3) is 0 Å². The fraction of sp³-hybridized carbons (Fsp3) is 0.0800. The molecule has 4 aromatic rings. The molecular weight excluding hydrogens is 479 g/mol. The maximum Gasteiger partial charge on any atom is 0.416 e. The van der Waals surface area contributed by atoms with Crippen LogP contribution < -0.4 is 5.32 Å². The first-order valence-electron chi connectivity index (χ1n) is 9.99. The van der Waals surface area contributed by atoms with E-state index in [1.807, 2.05) is 53.9 Å². The van der Waals surface area contributed by atoms with Gasteiger partial charge in [-0.25, -0.2) is 4.98 Å². The number of hydrogen-bond donors (Lipinski definition) is 1. The van der Waals surface area contributed by atoms with Crippen LogP contribution in [0.15, 0.2) is 83.2 Å². The van der Waals surface area contributed by atoms with Gasteiger partial charge in [0, 0.05) is 21.7 Å². The molecule has 0 saturated carbocycles. The summed E-state index contributed by atoms with van der Waals surface area (Å²) in [4.78, 5) is 18.0. The lowest BCUT2D eigenvalue weighted by atomic mass is 10.0. The summed E-state index contributed by atoms with van der Waals surface area (Å²) in [6, 6.07) is 21.8. The van der Waals surface area contributed by atoms with Crippen molar-refractivity contribution in [2.75, 3.05) is 11.1 Å². The number of carbonyl (C=O) groups is 1. The standard InChI is InChI=1S/C25H16F3N3OS2/c26-25(27,28)17-8-4-9-18(12-17)30-23(32)15-34-24-20(14-29)19(22-10-5-11-33-22)13-21(31-24)16-6-2-1-3-7-16/h1-13H,15H2,(H,30,32). The summed E-state index contributed by atoms with van der Waals surface area (Å²) < 4.78 is 38.8. The fourth-order valence-electron chi connectivity index (χ4n) is 3.22. The number of pyridine rings is 1. The molecule has 34 heavy (non-hydrogen) atoms. The third-order valence-electron chi connectivity index (χ3n) is 4.77. The van der Waals surface area contributed by atoms with E-state index in [-0.39, 0.29) is 11.4 Å². The number of aromatic nitrogens is 1. The number of anilines is 1. The van der Waals surface area contributed by atoms with E-state index in [1.165, 1.54) is 23.5 Å². The average Bonchev–Trinajstić information content (AvgIpc) is 3.37. The van der Waals surface area contributed by atoms with E-state index >= 15 is 0 Å². The normalized spacial score (nSPS) is 11.1. The number of nitriles is 1. The number of carbonyl (C=O) groups excluding carboxylic acids is 1. The Balaban J connectivity index is 1.61. The molecule has 2 aromatic heterocycles. The molecule has 4 rings (SSSR count). The molecule has 2 aromatic carbocycles. The highest BCUT2D eigenvalue weighted by molar-refractivity contribution is 8.00. The van der Waals surface area contributed by atoms with Crippen molar-refractivity contribution in [2.24, 2.45) is 0 Å². The molecule has 4 nitrogen and oxygen atoms in total. The summed E-state index contributed by atoms with van der Waals surface area (Å²) in [5, 5.41) is 14.6. The van der Waals surface area contributed by atoms with Gasteiger partial charge in [-0.15, -0.1) is 11.3 Å². The van der Waals surface area contributed by atoms with E-state index in [4.69, 9.17) is 0 Å². The lowest BCUT2D eigenvalue weighted by molar-refractivity contribution is -0.137. The number of hydrogen-bond acceptors (Lipinski definition) is 5. The molecule has 0 aliphatic rings. The van der Waals surface area contributed by atoms with Crippen molar-refractivity contribution in [3.8, 4) is 27.8 Å². The van der Waals surface area contributed by atoms with E-state index < -0.39 is 17.6 Å². The van der Waals surface area contributed by atoms with E-state index in [9.17, 15) is 23.2 Å². The molecule has 1 amide bonds. The van der Waals surface area contributed by atoms with Crippen LogP contribution in [0.3, 0.4) is 0 Å². The Morgan fingerprint density at radius 1 is 1.06 bits per heavy atom. The van der Waals surface area contributed by atoms with E-state index in [0.717, 1.165) is 34.3 Å². The van der Waals surface area contributed by atoms with E-state index in [1.54, 1.807) is 0 Å². The Kier molecular flexibility index (Phi) is 7.01. The predicted molar refractivity (Wildman–Crippen MR) is 128 cm³/mol. The van der Waals surface area contributed by atoms with Crippen LogP contribution in [0.2, 0.25) is 0 Å². The number of alkyl halides is 3. The van der Waals surface area contributed by atoms with Crippen molar-refractivity contribution in [3.05, 3.63) is 89.3 Å². The van der Waals surface area contributed by atoms with Crippen LogP contribution in [0, 0.1) is 11.3 Å². The highest BCUT2D eigenvalue weighted by atomic mass is 32.2. The minimum absolute atomic E-state index is 0.0474. The predicted octanol–water partition coefficient (Wildman–Crippen LogP) is 7.10. The summed E-state index contributed by atoms with van der Waals surface area (Å²) in [6.45, 7) is 0. The van der Waals surface area contributed by atoms with Gasteiger partial charge in [0.05, 0.1) is 22.6 Å². The Morgan fingerprint density at radius 2 is 1.85 bits per heavy atom. The third-order valence-corrected chi connectivity index (χ3v) is 6.65. The molecule has 0 saturated heterocycles. The van der Waals surface area contributed by atoms with Gasteiger partial charge < -0.3 is 5.32 Å². The maximum absolute atomic E-state index is 12.9. The van der Waals surface area contributed by atoms with Crippen LogP contribution in [-0.4, -0.2) is 16.6 Å². The Bertz CT molecular complexity index is 1350. The van der Waals surface area contributed by atoms with Crippen molar-refractivity contribution in [1.29, 1.82) is 5.26 Å². The molecular formula is C25H16F3N3OS2. The molecule has 1 N–H and O–H groups in total. The number of thioether (sulfide) groups is 1. The molecule has 0 atom stereocenters. The van der Waals surface area contributed by atoms with E-state index in [2.05, 4.69) is 16.4 Å². The van der Waals surface area contributed by atoms with Gasteiger partial charge in [0.2, 0.25) is 5.91 Å². The zero-order valence-corrected chi connectivity index (χ0v) is 19.1. The number of halogens is 3. The van der Waals surface area contributed by atoms with Gasteiger partial charge in [-0.2, -0.15) is 18.4 Å². The molecule has 0 fully saturated rings. The molecule has 9 heteroatoms. The smallest absolute Gasteiger partial charge is 0.325 e. The van der Waals surface area contributed by atoms with E-state index in [0.29, 0.717) is 21.8 Å². The second kappa shape index (κ2) is 10.1. The summed E-state index contributed by atoms with van der Waals surface area (Å²) in [7, 11) is 0. The maximum atomic E-state index is 12.9. The Morgan fingerprint density at radius 3 is 2.53 bits per heavy atom. The first-order chi connectivity index (χ1) is 16.3. The number of amides is 1. The molecule has 0 aliphatic heterocycles. The molecule has 0 unspecified atom stereocenters. The average molecular weight is 496 g/mol. The molecule has 2 heterocycles. The number of nitrogens with zero attached hydrogens (tertiary/aromatic N) is 2. The SMILES string of the molecule is N#Cc1c(-c2cccs2)cc(-c2ccccc2)nc1SCC(=O)Nc1cccc(C(F)(F)F)c1. The fourth-order valence-corrected chi connectivity index (χ4v) is 4.77. The first-order valence-corrected chi connectivity index (χ1v) is 11.9. The highest BCUT2D eigenvalue weighted by Gasteiger charge is 2.30.